The zero-order valence-corrected chi connectivity index (χ0v) is 38.9. The van der Waals surface area contributed by atoms with Crippen molar-refractivity contribution >= 4 is 55.4 Å². The van der Waals surface area contributed by atoms with Crippen molar-refractivity contribution in [2.45, 2.75) is 87.4 Å². The van der Waals surface area contributed by atoms with Crippen LogP contribution in [0, 0.1) is 15.5 Å². The number of nitro groups is 1. The minimum absolute atomic E-state index is 0.115. The number of hydrogen-bond acceptors (Lipinski definition) is 14. The fourth-order valence-electron chi connectivity index (χ4n) is 11.0. The number of benzene rings is 3. The van der Waals surface area contributed by atoms with E-state index in [1.165, 1.54) is 42.5 Å². The molecule has 5 aromatic rings. The number of ether oxygens (including phenoxy) is 3. The number of aromatic nitrogens is 2. The molecular weight excluding hydrogens is 875 g/mol. The standard InChI is InChI=1S/C49H59N9O8S/c1-48(2,50)39-8-4-3-7-37(39)41-9-5-18-56(41)34-28-49(29-34)15-20-55(21-16-49)33-10-12-38(42(26-33)57-19-6-22-66-47-44(57)25-32-14-17-51-45(32)53-47)46(59)54-67(62,63)36-11-13-40(43(27-36)58(60)61)52-30-35-31-64-23-24-65-35/h3-4,7-8,10-14,17,25-27,34-35,41,52H,5-6,9,15-16,18-24,28-31,50H2,1-2H3,(H,51,53)(H,54,59)/t35-,41-/m0/s1. The monoisotopic (exact) mass is 933 g/mol. The summed E-state index contributed by atoms with van der Waals surface area (Å²) in [6, 6.07) is 22.5. The molecule has 0 radical (unpaired) electrons. The molecule has 2 atom stereocenters. The van der Waals surface area contributed by atoms with E-state index in [0.717, 1.165) is 56.0 Å². The van der Waals surface area contributed by atoms with Gasteiger partial charge >= 0.3 is 0 Å². The van der Waals surface area contributed by atoms with Gasteiger partial charge in [-0.3, -0.25) is 19.8 Å². The first-order chi connectivity index (χ1) is 32.2. The summed E-state index contributed by atoms with van der Waals surface area (Å²) in [5, 5.41) is 16.0. The third-order valence-corrected chi connectivity index (χ3v) is 15.8. The SMILES string of the molecule is CC(C)(N)c1ccccc1[C@@H]1CCCN1C1CC2(CCN(c3ccc(C(=O)NS(=O)(=O)c4ccc(NC[C@H]5COCCO5)c([N+](=O)[O-])c4)c(N4CCCOc5nc6[nH]ccc6cc54)c3)CC2)C1. The Morgan fingerprint density at radius 1 is 0.985 bits per heavy atom. The second-order valence-corrected chi connectivity index (χ2v) is 21.0. The number of aromatic amines is 1. The van der Waals surface area contributed by atoms with Crippen molar-refractivity contribution in [3.8, 4) is 5.88 Å². The number of fused-ring (bicyclic) bond motifs is 2. The zero-order valence-electron chi connectivity index (χ0n) is 38.0. The number of likely N-dealkylation sites (tertiary alicyclic amines) is 1. The molecular formula is C49H59N9O8S. The summed E-state index contributed by atoms with van der Waals surface area (Å²) in [5.41, 5.74) is 11.6. The number of nitrogens with two attached hydrogens (primary N) is 1. The van der Waals surface area contributed by atoms with Gasteiger partial charge in [0.2, 0.25) is 5.88 Å². The van der Waals surface area contributed by atoms with Gasteiger partial charge in [0.05, 0.1) is 53.6 Å². The maximum absolute atomic E-state index is 14.4. The number of hydrogen-bond donors (Lipinski definition) is 4. The van der Waals surface area contributed by atoms with E-state index in [0.29, 0.717) is 74.4 Å². The zero-order chi connectivity index (χ0) is 46.5. The first-order valence-electron chi connectivity index (χ1n) is 23.5. The Bertz CT molecular complexity index is 2770. The average Bonchev–Trinajstić information content (AvgIpc) is 3.94. The van der Waals surface area contributed by atoms with Gasteiger partial charge in [-0.2, -0.15) is 4.98 Å². The molecule has 1 aliphatic carbocycles. The maximum atomic E-state index is 14.4. The molecule has 6 heterocycles. The Balaban J connectivity index is 0.894. The minimum atomic E-state index is -4.59. The van der Waals surface area contributed by atoms with Crippen LogP contribution in [0.15, 0.2) is 83.9 Å². The Kier molecular flexibility index (Phi) is 12.1. The Labute approximate surface area is 390 Å². The lowest BCUT2D eigenvalue weighted by Crippen LogP contribution is -2.55. The lowest BCUT2D eigenvalue weighted by molar-refractivity contribution is -0.384. The number of H-pyrrole nitrogens is 1. The molecule has 17 nitrogen and oxygen atoms in total. The molecule has 67 heavy (non-hydrogen) atoms. The molecule has 4 aliphatic heterocycles. The second-order valence-electron chi connectivity index (χ2n) is 19.4. The molecule has 10 rings (SSSR count). The largest absolute Gasteiger partial charge is 0.476 e. The summed E-state index contributed by atoms with van der Waals surface area (Å²) in [5.74, 6) is -0.477. The van der Waals surface area contributed by atoms with E-state index in [2.05, 4.69) is 62.9 Å². The van der Waals surface area contributed by atoms with Crippen LogP contribution in [-0.4, -0.2) is 105 Å². The van der Waals surface area contributed by atoms with Crippen LogP contribution in [0.3, 0.4) is 0 Å². The molecule has 1 spiro atoms. The van der Waals surface area contributed by atoms with E-state index in [9.17, 15) is 23.3 Å². The van der Waals surface area contributed by atoms with Gasteiger partial charge in [0.1, 0.15) is 17.0 Å². The summed E-state index contributed by atoms with van der Waals surface area (Å²) in [4.78, 5) is 40.5. The van der Waals surface area contributed by atoms with E-state index in [4.69, 9.17) is 24.9 Å². The highest BCUT2D eigenvalue weighted by Crippen LogP contribution is 2.54. The molecule has 0 unspecified atom stereocenters. The predicted octanol–water partition coefficient (Wildman–Crippen LogP) is 7.12. The number of pyridine rings is 1. The number of rotatable bonds is 12. The highest BCUT2D eigenvalue weighted by Gasteiger charge is 2.50. The fourth-order valence-corrected chi connectivity index (χ4v) is 12.0. The van der Waals surface area contributed by atoms with Crippen molar-refractivity contribution in [3.63, 3.8) is 0 Å². The highest BCUT2D eigenvalue weighted by molar-refractivity contribution is 7.90. The number of piperidine rings is 1. The van der Waals surface area contributed by atoms with Crippen molar-refractivity contribution in [3.05, 3.63) is 106 Å². The smallest absolute Gasteiger partial charge is 0.293 e. The molecule has 0 bridgehead atoms. The lowest BCUT2D eigenvalue weighted by Gasteiger charge is -2.56. The quantitative estimate of drug-likeness (QED) is 0.0726. The van der Waals surface area contributed by atoms with E-state index in [1.54, 1.807) is 12.3 Å². The molecule has 354 valence electrons. The van der Waals surface area contributed by atoms with Crippen molar-refractivity contribution in [2.75, 3.05) is 74.3 Å². The number of amides is 1. The van der Waals surface area contributed by atoms with Crippen LogP contribution in [0.1, 0.15) is 86.3 Å². The van der Waals surface area contributed by atoms with Crippen LogP contribution >= 0.6 is 0 Å². The molecule has 1 saturated carbocycles. The molecule has 1 amide bonds. The number of nitrogens with one attached hydrogen (secondary N) is 3. The lowest BCUT2D eigenvalue weighted by atomic mass is 9.59. The van der Waals surface area contributed by atoms with Gasteiger partial charge in [-0.1, -0.05) is 24.3 Å². The van der Waals surface area contributed by atoms with Gasteiger partial charge in [0.25, 0.3) is 21.6 Å². The molecule has 3 aromatic carbocycles. The topological polar surface area (TPSA) is 211 Å². The Morgan fingerprint density at radius 2 is 1.81 bits per heavy atom. The first kappa shape index (κ1) is 45.0. The molecule has 4 fully saturated rings. The van der Waals surface area contributed by atoms with Crippen LogP contribution in [0.2, 0.25) is 0 Å². The van der Waals surface area contributed by atoms with Gasteiger partial charge in [0.15, 0.2) is 0 Å². The van der Waals surface area contributed by atoms with Crippen molar-refractivity contribution in [1.29, 1.82) is 0 Å². The fraction of sp³-hybridized carbons (Fsp3) is 0.469. The number of nitrogens with zero attached hydrogens (tertiary/aromatic N) is 5. The summed E-state index contributed by atoms with van der Waals surface area (Å²) in [6.45, 7) is 9.27. The number of nitro benzene ring substituents is 1. The number of carbonyl (C=O) groups excluding carboxylic acids is 1. The summed E-state index contributed by atoms with van der Waals surface area (Å²) < 4.78 is 47.3. The average molecular weight is 934 g/mol. The van der Waals surface area contributed by atoms with Crippen LogP contribution in [-0.2, 0) is 25.0 Å². The van der Waals surface area contributed by atoms with E-state index < -0.39 is 37.0 Å². The molecule has 2 aromatic heterocycles. The summed E-state index contributed by atoms with van der Waals surface area (Å²) >= 11 is 0. The summed E-state index contributed by atoms with van der Waals surface area (Å²) in [6.07, 6.45) is 8.85. The van der Waals surface area contributed by atoms with Crippen LogP contribution in [0.5, 0.6) is 5.88 Å². The third-order valence-electron chi connectivity index (χ3n) is 14.5. The van der Waals surface area contributed by atoms with Gasteiger partial charge in [-0.05, 0) is 124 Å². The van der Waals surface area contributed by atoms with Gasteiger partial charge < -0.3 is 40.0 Å². The van der Waals surface area contributed by atoms with Crippen LogP contribution in [0.4, 0.5) is 28.4 Å². The second kappa shape index (κ2) is 18.0. The van der Waals surface area contributed by atoms with Gasteiger partial charge in [-0.25, -0.2) is 13.1 Å². The van der Waals surface area contributed by atoms with E-state index in [-0.39, 0.29) is 29.3 Å². The molecule has 5 N–H and O–H groups in total. The van der Waals surface area contributed by atoms with E-state index >= 15 is 0 Å². The first-order valence-corrected chi connectivity index (χ1v) is 24.9. The van der Waals surface area contributed by atoms with Gasteiger partial charge in [0, 0.05) is 67.1 Å². The van der Waals surface area contributed by atoms with Crippen molar-refractivity contribution in [1.82, 2.24) is 19.6 Å². The maximum Gasteiger partial charge on any atom is 0.293 e. The Hall–Kier alpha value is -5.79. The summed E-state index contributed by atoms with van der Waals surface area (Å²) in [7, 11) is -4.59. The highest BCUT2D eigenvalue weighted by atomic mass is 32.2. The Morgan fingerprint density at radius 3 is 2.58 bits per heavy atom. The number of carbonyl (C=O) groups is 1. The normalized spacial score (nSPS) is 21.4. The van der Waals surface area contributed by atoms with Crippen LogP contribution < -0.4 is 30.3 Å². The van der Waals surface area contributed by atoms with Crippen molar-refractivity contribution < 1.29 is 32.3 Å². The molecule has 3 saturated heterocycles. The van der Waals surface area contributed by atoms with Crippen molar-refractivity contribution in [2.24, 2.45) is 11.1 Å². The van der Waals surface area contributed by atoms with E-state index in [1.807, 2.05) is 29.2 Å². The van der Waals surface area contributed by atoms with Crippen LogP contribution in [0.25, 0.3) is 11.0 Å². The van der Waals surface area contributed by atoms with Gasteiger partial charge in [-0.15, -0.1) is 0 Å². The predicted molar refractivity (Wildman–Crippen MR) is 256 cm³/mol. The number of sulfonamides is 1. The molecule has 18 heteroatoms. The third kappa shape index (κ3) is 9.04. The minimum Gasteiger partial charge on any atom is -0.476 e. The number of anilines is 4. The molecule has 5 aliphatic rings.